The van der Waals surface area contributed by atoms with Gasteiger partial charge in [-0.15, -0.1) is 0 Å². The molecule has 0 amide bonds. The van der Waals surface area contributed by atoms with Crippen molar-refractivity contribution in [3.63, 3.8) is 0 Å². The predicted molar refractivity (Wildman–Crippen MR) is 130 cm³/mol. The van der Waals surface area contributed by atoms with E-state index in [9.17, 15) is 27.9 Å². The number of nitrogens with zero attached hydrogens (tertiary/aromatic N) is 3. The fourth-order valence-electron chi connectivity index (χ4n) is 3.09. The zero-order valence-electron chi connectivity index (χ0n) is 19.6. The lowest BCUT2D eigenvalue weighted by Crippen LogP contribution is -2.48. The maximum atomic E-state index is 12.8. The first-order chi connectivity index (χ1) is 16.8. The molecule has 1 atom stereocenters. The largest absolute Gasteiger partial charge is 0.481 e. The highest BCUT2D eigenvalue weighted by Crippen LogP contribution is 2.20. The number of carboxylic acid groups (broad SMARTS) is 2. The Kier molecular flexibility index (Phi) is 9.49. The summed E-state index contributed by atoms with van der Waals surface area (Å²) in [6.45, 7) is -0.113. The highest BCUT2D eigenvalue weighted by atomic mass is 32.2. The van der Waals surface area contributed by atoms with Gasteiger partial charge in [-0.3, -0.25) is 9.59 Å². The van der Waals surface area contributed by atoms with Gasteiger partial charge in [-0.2, -0.15) is 17.0 Å². The van der Waals surface area contributed by atoms with Crippen LogP contribution in [-0.4, -0.2) is 71.2 Å². The number of carboxylic acids is 2. The molecule has 0 saturated carbocycles. The number of rotatable bonds is 12. The molecule has 13 nitrogen and oxygen atoms in total. The van der Waals surface area contributed by atoms with Crippen LogP contribution in [0.15, 0.2) is 53.5 Å². The summed E-state index contributed by atoms with van der Waals surface area (Å²) < 4.78 is 32.5. The van der Waals surface area contributed by atoms with E-state index in [1.807, 2.05) is 0 Å². The van der Waals surface area contributed by atoms with E-state index in [2.05, 4.69) is 4.99 Å². The van der Waals surface area contributed by atoms with Gasteiger partial charge in [0.15, 0.2) is 5.96 Å². The summed E-state index contributed by atoms with van der Waals surface area (Å²) >= 11 is 0. The molecule has 2 aromatic rings. The third-order valence-electron chi connectivity index (χ3n) is 5.01. The molecule has 0 radical (unpaired) electrons. The normalized spacial score (nSPS) is 12.2. The van der Waals surface area contributed by atoms with Gasteiger partial charge < -0.3 is 26.4 Å². The van der Waals surface area contributed by atoms with Crippen molar-refractivity contribution in [3.05, 3.63) is 59.7 Å². The third-order valence-corrected chi connectivity index (χ3v) is 6.91. The van der Waals surface area contributed by atoms with Crippen LogP contribution in [0.3, 0.4) is 0 Å². The number of esters is 1. The molecule has 0 aromatic heterocycles. The zero-order valence-corrected chi connectivity index (χ0v) is 20.4. The molecular weight excluding hydrogens is 494 g/mol. The Bertz CT molecular complexity index is 1230. The number of ether oxygens (including phenoxy) is 1. The van der Waals surface area contributed by atoms with Crippen LogP contribution < -0.4 is 16.2 Å². The molecule has 6 N–H and O–H groups in total. The average Bonchev–Trinajstić information content (AvgIpc) is 2.79. The second-order valence-electron chi connectivity index (χ2n) is 7.68. The molecule has 0 saturated heterocycles. The van der Waals surface area contributed by atoms with Crippen molar-refractivity contribution in [1.29, 1.82) is 0 Å². The minimum absolute atomic E-state index is 0.113. The monoisotopic (exact) mass is 521 g/mol. The average molecular weight is 522 g/mol. The van der Waals surface area contributed by atoms with Gasteiger partial charge in [0, 0.05) is 27.1 Å². The lowest BCUT2D eigenvalue weighted by Gasteiger charge is -2.28. The van der Waals surface area contributed by atoms with Crippen LogP contribution in [0.4, 0.5) is 5.69 Å². The Labute approximate surface area is 207 Å². The lowest BCUT2D eigenvalue weighted by molar-refractivity contribution is -0.142. The van der Waals surface area contributed by atoms with Crippen LogP contribution in [0, 0.1) is 0 Å². The van der Waals surface area contributed by atoms with Crippen molar-refractivity contribution in [3.8, 4) is 5.75 Å². The number of aliphatic imine (C=N–C) groups is 1. The Morgan fingerprint density at radius 1 is 1.00 bits per heavy atom. The van der Waals surface area contributed by atoms with E-state index < -0.39 is 40.6 Å². The Hall–Kier alpha value is -4.01. The van der Waals surface area contributed by atoms with Crippen LogP contribution in [0.25, 0.3) is 0 Å². The highest BCUT2D eigenvalue weighted by Gasteiger charge is 2.34. The maximum absolute atomic E-state index is 12.8. The fraction of sp³-hybridized carbons (Fsp3) is 0.273. The van der Waals surface area contributed by atoms with E-state index in [1.54, 1.807) is 24.3 Å². The molecule has 2 aromatic carbocycles. The third kappa shape index (κ3) is 7.76. The molecule has 0 aliphatic rings. The van der Waals surface area contributed by atoms with Crippen LogP contribution in [0.1, 0.15) is 28.8 Å². The molecule has 0 aliphatic carbocycles. The number of likely N-dealkylation sites (N-methyl/N-ethyl adjacent to an activating group) is 1. The van der Waals surface area contributed by atoms with Gasteiger partial charge in [0.25, 0.3) is 10.2 Å². The molecular formula is C22H27N5O8S. The topological polar surface area (TPSA) is 206 Å². The summed E-state index contributed by atoms with van der Waals surface area (Å²) in [6, 6.07) is 10.6. The Balaban J connectivity index is 2.04. The van der Waals surface area contributed by atoms with Crippen molar-refractivity contribution in [2.45, 2.75) is 25.4 Å². The van der Waals surface area contributed by atoms with Gasteiger partial charge in [-0.25, -0.2) is 9.79 Å². The molecule has 0 unspecified atom stereocenters. The predicted octanol–water partition coefficient (Wildman–Crippen LogP) is 0.737. The summed E-state index contributed by atoms with van der Waals surface area (Å²) in [5.41, 5.74) is 11.9. The molecule has 2 rings (SSSR count). The quantitative estimate of drug-likeness (QED) is 0.133. The van der Waals surface area contributed by atoms with Crippen molar-refractivity contribution in [2.24, 2.45) is 16.5 Å². The van der Waals surface area contributed by atoms with E-state index in [1.165, 1.54) is 31.3 Å². The molecule has 0 heterocycles. The number of guanidine groups is 1. The molecule has 0 fully saturated rings. The number of carbonyl (C=O) groups is 3. The molecule has 0 spiro atoms. The summed E-state index contributed by atoms with van der Waals surface area (Å²) in [7, 11) is -1.88. The van der Waals surface area contributed by atoms with Crippen molar-refractivity contribution in [1.82, 2.24) is 8.61 Å². The zero-order chi connectivity index (χ0) is 27.0. The van der Waals surface area contributed by atoms with Crippen LogP contribution >= 0.6 is 0 Å². The van der Waals surface area contributed by atoms with Gasteiger partial charge in [0.05, 0.1) is 11.3 Å². The molecule has 194 valence electrons. The smallest absolute Gasteiger partial charge is 0.343 e. The van der Waals surface area contributed by atoms with Gasteiger partial charge in [0.2, 0.25) is 0 Å². The van der Waals surface area contributed by atoms with Crippen molar-refractivity contribution >= 4 is 39.8 Å². The Morgan fingerprint density at radius 2 is 1.58 bits per heavy atom. The van der Waals surface area contributed by atoms with Crippen LogP contribution in [-0.2, 0) is 26.3 Å². The number of carbonyl (C=O) groups excluding carboxylic acids is 1. The number of hydrogen-bond donors (Lipinski definition) is 4. The van der Waals surface area contributed by atoms with Gasteiger partial charge in [0.1, 0.15) is 11.8 Å². The van der Waals surface area contributed by atoms with Crippen LogP contribution in [0.2, 0.25) is 0 Å². The number of hydrogen-bond acceptors (Lipinski definition) is 7. The Morgan fingerprint density at radius 3 is 2.08 bits per heavy atom. The van der Waals surface area contributed by atoms with Gasteiger partial charge in [-0.1, -0.05) is 12.1 Å². The highest BCUT2D eigenvalue weighted by molar-refractivity contribution is 7.86. The van der Waals surface area contributed by atoms with E-state index in [0.29, 0.717) is 15.6 Å². The standard InChI is InChI=1S/C22H27N5O8S/c1-26(36(33,34)27(2)18(20(30)31)11-12-19(28)29)13-14-3-9-17(10-4-14)35-21(32)15-5-7-16(8-6-15)25-22(23)24/h3-10,18H,11-13H2,1-2H3,(H,28,29)(H,30,31)(H4,23,24,25)/t18-/m0/s1. The summed E-state index contributed by atoms with van der Waals surface area (Å²) in [5.74, 6) is -3.20. The molecule has 36 heavy (non-hydrogen) atoms. The molecule has 0 bridgehead atoms. The summed E-state index contributed by atoms with van der Waals surface area (Å²) in [6.07, 6.45) is -0.882. The number of aliphatic carboxylic acids is 2. The van der Waals surface area contributed by atoms with Crippen molar-refractivity contribution < 1.29 is 37.8 Å². The second kappa shape index (κ2) is 12.1. The summed E-state index contributed by atoms with van der Waals surface area (Å²) in [5, 5.41) is 18.1. The number of benzene rings is 2. The first kappa shape index (κ1) is 28.2. The fourth-order valence-corrected chi connectivity index (χ4v) is 4.36. The maximum Gasteiger partial charge on any atom is 0.343 e. The van der Waals surface area contributed by atoms with E-state index in [0.717, 1.165) is 11.4 Å². The first-order valence-corrected chi connectivity index (χ1v) is 11.9. The first-order valence-electron chi connectivity index (χ1n) is 10.5. The van der Waals surface area contributed by atoms with E-state index in [-0.39, 0.29) is 30.2 Å². The second-order valence-corrected chi connectivity index (χ2v) is 9.78. The molecule has 14 heteroatoms. The van der Waals surface area contributed by atoms with Crippen molar-refractivity contribution in [2.75, 3.05) is 14.1 Å². The van der Waals surface area contributed by atoms with Crippen LogP contribution in [0.5, 0.6) is 5.75 Å². The van der Waals surface area contributed by atoms with E-state index >= 15 is 0 Å². The molecule has 0 aliphatic heterocycles. The van der Waals surface area contributed by atoms with Gasteiger partial charge in [-0.05, 0) is 48.4 Å². The minimum atomic E-state index is -4.22. The lowest BCUT2D eigenvalue weighted by atomic mass is 10.1. The number of nitrogens with two attached hydrogens (primary N) is 2. The van der Waals surface area contributed by atoms with E-state index in [4.69, 9.17) is 21.3 Å². The minimum Gasteiger partial charge on any atom is -0.481 e. The summed E-state index contributed by atoms with van der Waals surface area (Å²) in [4.78, 5) is 38.5. The van der Waals surface area contributed by atoms with Gasteiger partial charge >= 0.3 is 17.9 Å². The SMILES string of the molecule is CN(Cc1ccc(OC(=O)c2ccc(N=C(N)N)cc2)cc1)S(=O)(=O)N(C)[C@@H](CCC(=O)O)C(=O)O.